The first-order chi connectivity index (χ1) is 8.63. The van der Waals surface area contributed by atoms with E-state index in [2.05, 4.69) is 61.1 Å². The van der Waals surface area contributed by atoms with Crippen LogP contribution in [0.1, 0.15) is 45.2 Å². The van der Waals surface area contributed by atoms with E-state index in [1.807, 2.05) is 0 Å². The standard InChI is InChI=1S/C16H22N2/c1-4-18-15(9-10-16(18,2)3)13-11-17-14-8-6-5-7-12(13)14/h5-8,11,15,17H,4,9-10H2,1-3H3/t15-/m0/s1. The minimum absolute atomic E-state index is 0.331. The van der Waals surface area contributed by atoms with Crippen LogP contribution in [0.2, 0.25) is 0 Å². The van der Waals surface area contributed by atoms with Gasteiger partial charge in [-0.05, 0) is 44.9 Å². The Hall–Kier alpha value is -1.28. The Morgan fingerprint density at radius 2 is 2.11 bits per heavy atom. The molecule has 2 heterocycles. The molecule has 1 aliphatic rings. The smallest absolute Gasteiger partial charge is 0.0457 e. The van der Waals surface area contributed by atoms with Gasteiger partial charge in [0.25, 0.3) is 0 Å². The van der Waals surface area contributed by atoms with E-state index in [0.29, 0.717) is 11.6 Å². The maximum Gasteiger partial charge on any atom is 0.0457 e. The number of nitrogens with one attached hydrogen (secondary N) is 1. The first kappa shape index (κ1) is 11.8. The van der Waals surface area contributed by atoms with Gasteiger partial charge in [0.15, 0.2) is 0 Å². The van der Waals surface area contributed by atoms with Crippen molar-refractivity contribution >= 4 is 10.9 Å². The minimum Gasteiger partial charge on any atom is -0.361 e. The van der Waals surface area contributed by atoms with Gasteiger partial charge in [-0.2, -0.15) is 0 Å². The quantitative estimate of drug-likeness (QED) is 0.840. The number of aromatic amines is 1. The molecule has 1 aromatic heterocycles. The highest BCUT2D eigenvalue weighted by molar-refractivity contribution is 5.83. The molecular formula is C16H22N2. The fourth-order valence-electron chi connectivity index (χ4n) is 3.55. The molecular weight excluding hydrogens is 220 g/mol. The second kappa shape index (κ2) is 4.13. The molecule has 1 saturated heterocycles. The molecule has 0 amide bonds. The largest absolute Gasteiger partial charge is 0.361 e. The number of benzene rings is 1. The molecule has 96 valence electrons. The first-order valence-electron chi connectivity index (χ1n) is 6.96. The Kier molecular flexibility index (Phi) is 2.70. The molecule has 18 heavy (non-hydrogen) atoms. The molecule has 1 fully saturated rings. The molecule has 1 N–H and O–H groups in total. The van der Waals surface area contributed by atoms with Gasteiger partial charge >= 0.3 is 0 Å². The molecule has 2 heteroatoms. The molecule has 2 aromatic rings. The summed E-state index contributed by atoms with van der Waals surface area (Å²) in [5.74, 6) is 0. The second-order valence-electron chi connectivity index (χ2n) is 5.94. The maximum absolute atomic E-state index is 3.41. The van der Waals surface area contributed by atoms with Crippen LogP contribution in [0.4, 0.5) is 0 Å². The number of hydrogen-bond acceptors (Lipinski definition) is 1. The van der Waals surface area contributed by atoms with Gasteiger partial charge in [-0.3, -0.25) is 4.90 Å². The van der Waals surface area contributed by atoms with Crippen LogP contribution in [0.3, 0.4) is 0 Å². The van der Waals surface area contributed by atoms with Crippen molar-refractivity contribution in [3.8, 4) is 0 Å². The van der Waals surface area contributed by atoms with Crippen molar-refractivity contribution in [1.82, 2.24) is 9.88 Å². The molecule has 0 saturated carbocycles. The highest BCUT2D eigenvalue weighted by atomic mass is 15.2. The number of fused-ring (bicyclic) bond motifs is 1. The van der Waals surface area contributed by atoms with Gasteiger partial charge in [0.05, 0.1) is 0 Å². The van der Waals surface area contributed by atoms with E-state index in [9.17, 15) is 0 Å². The lowest BCUT2D eigenvalue weighted by Gasteiger charge is -2.34. The van der Waals surface area contributed by atoms with E-state index < -0.39 is 0 Å². The van der Waals surface area contributed by atoms with Crippen molar-refractivity contribution < 1.29 is 0 Å². The summed E-state index contributed by atoms with van der Waals surface area (Å²) < 4.78 is 0. The molecule has 0 bridgehead atoms. The van der Waals surface area contributed by atoms with Crippen LogP contribution in [0.25, 0.3) is 10.9 Å². The Labute approximate surface area is 109 Å². The van der Waals surface area contributed by atoms with Gasteiger partial charge < -0.3 is 4.98 Å². The predicted octanol–water partition coefficient (Wildman–Crippen LogP) is 4.10. The van der Waals surface area contributed by atoms with Crippen LogP contribution in [0.15, 0.2) is 30.5 Å². The summed E-state index contributed by atoms with van der Waals surface area (Å²) in [5, 5.41) is 1.39. The Morgan fingerprint density at radius 1 is 1.33 bits per heavy atom. The van der Waals surface area contributed by atoms with Gasteiger partial charge in [-0.15, -0.1) is 0 Å². The van der Waals surface area contributed by atoms with Crippen LogP contribution >= 0.6 is 0 Å². The average molecular weight is 242 g/mol. The monoisotopic (exact) mass is 242 g/mol. The highest BCUT2D eigenvalue weighted by Gasteiger charge is 2.39. The highest BCUT2D eigenvalue weighted by Crippen LogP contribution is 2.43. The Morgan fingerprint density at radius 3 is 2.89 bits per heavy atom. The van der Waals surface area contributed by atoms with Crippen molar-refractivity contribution in [1.29, 1.82) is 0 Å². The number of nitrogens with zero attached hydrogens (tertiary/aromatic N) is 1. The van der Waals surface area contributed by atoms with Crippen molar-refractivity contribution in [2.45, 2.75) is 45.2 Å². The van der Waals surface area contributed by atoms with E-state index in [1.54, 1.807) is 0 Å². The number of aromatic nitrogens is 1. The van der Waals surface area contributed by atoms with Crippen molar-refractivity contribution in [3.05, 3.63) is 36.0 Å². The molecule has 1 aliphatic heterocycles. The minimum atomic E-state index is 0.331. The SMILES string of the molecule is CCN1[C@H](c2c[nH]c3ccccc23)CCC1(C)C. The topological polar surface area (TPSA) is 19.0 Å². The summed E-state index contributed by atoms with van der Waals surface area (Å²) in [7, 11) is 0. The zero-order chi connectivity index (χ0) is 12.8. The molecule has 1 atom stereocenters. The molecule has 3 rings (SSSR count). The molecule has 0 unspecified atom stereocenters. The fourth-order valence-corrected chi connectivity index (χ4v) is 3.55. The Bertz CT molecular complexity index is 553. The normalized spacial score (nSPS) is 23.8. The Balaban J connectivity index is 2.05. The van der Waals surface area contributed by atoms with E-state index >= 15 is 0 Å². The number of H-pyrrole nitrogens is 1. The summed E-state index contributed by atoms with van der Waals surface area (Å²) in [6.45, 7) is 8.13. The van der Waals surface area contributed by atoms with Gasteiger partial charge in [-0.1, -0.05) is 25.1 Å². The number of para-hydroxylation sites is 1. The third-order valence-corrected chi connectivity index (χ3v) is 4.50. The lowest BCUT2D eigenvalue weighted by Crippen LogP contribution is -2.39. The van der Waals surface area contributed by atoms with Gasteiger partial charge in [-0.25, -0.2) is 0 Å². The summed E-state index contributed by atoms with van der Waals surface area (Å²) in [4.78, 5) is 6.05. The first-order valence-corrected chi connectivity index (χ1v) is 6.96. The van der Waals surface area contributed by atoms with Crippen LogP contribution in [0.5, 0.6) is 0 Å². The maximum atomic E-state index is 3.41. The number of rotatable bonds is 2. The number of likely N-dealkylation sites (tertiary alicyclic amines) is 1. The van der Waals surface area contributed by atoms with E-state index in [-0.39, 0.29) is 0 Å². The molecule has 0 radical (unpaired) electrons. The summed E-state index contributed by atoms with van der Waals surface area (Å²) >= 11 is 0. The molecule has 0 aliphatic carbocycles. The van der Waals surface area contributed by atoms with Gasteiger partial charge in [0, 0.05) is 28.7 Å². The molecule has 2 nitrogen and oxygen atoms in total. The lowest BCUT2D eigenvalue weighted by molar-refractivity contribution is 0.138. The van der Waals surface area contributed by atoms with E-state index in [1.165, 1.54) is 29.3 Å². The van der Waals surface area contributed by atoms with Crippen molar-refractivity contribution in [2.24, 2.45) is 0 Å². The zero-order valence-corrected chi connectivity index (χ0v) is 11.5. The molecule has 1 aromatic carbocycles. The fraction of sp³-hybridized carbons (Fsp3) is 0.500. The van der Waals surface area contributed by atoms with E-state index in [4.69, 9.17) is 0 Å². The summed E-state index contributed by atoms with van der Waals surface area (Å²) in [5.41, 5.74) is 3.06. The van der Waals surface area contributed by atoms with Crippen LogP contribution in [-0.4, -0.2) is 22.0 Å². The third kappa shape index (κ3) is 1.67. The zero-order valence-electron chi connectivity index (χ0n) is 11.5. The van der Waals surface area contributed by atoms with E-state index in [0.717, 1.165) is 6.54 Å². The van der Waals surface area contributed by atoms with Gasteiger partial charge in [0.1, 0.15) is 0 Å². The summed E-state index contributed by atoms with van der Waals surface area (Å²) in [6, 6.07) is 9.20. The van der Waals surface area contributed by atoms with Crippen LogP contribution in [-0.2, 0) is 0 Å². The van der Waals surface area contributed by atoms with Crippen LogP contribution < -0.4 is 0 Å². The average Bonchev–Trinajstić information content (AvgIpc) is 2.89. The van der Waals surface area contributed by atoms with Crippen LogP contribution in [0, 0.1) is 0 Å². The van der Waals surface area contributed by atoms with Gasteiger partial charge in [0.2, 0.25) is 0 Å². The third-order valence-electron chi connectivity index (χ3n) is 4.50. The number of hydrogen-bond donors (Lipinski definition) is 1. The lowest BCUT2D eigenvalue weighted by atomic mass is 10.0. The van der Waals surface area contributed by atoms with Crippen molar-refractivity contribution in [2.75, 3.05) is 6.54 Å². The summed E-state index contributed by atoms with van der Waals surface area (Å²) in [6.07, 6.45) is 4.76. The second-order valence-corrected chi connectivity index (χ2v) is 5.94. The molecule has 0 spiro atoms. The van der Waals surface area contributed by atoms with Crippen molar-refractivity contribution in [3.63, 3.8) is 0 Å². The predicted molar refractivity (Wildman–Crippen MR) is 76.7 cm³/mol.